The number of fused-ring (bicyclic) bond motifs is 1. The standard InChI is InChI=1S/C26H32F3N3O2/c1-6-33-20-11-12-21-22(13-20)32(18-14-24(2,3)16-25(4,5)15-18)23(31-21)30-17-7-9-19(10-8-17)34-26(27,28)29/h7-13,18H,6,14-16H2,1-5H3,(H,30,31). The predicted molar refractivity (Wildman–Crippen MR) is 128 cm³/mol. The zero-order chi connectivity index (χ0) is 24.7. The van der Waals surface area contributed by atoms with Crippen molar-refractivity contribution in [3.63, 3.8) is 0 Å². The second-order valence-corrected chi connectivity index (χ2v) is 10.7. The van der Waals surface area contributed by atoms with Gasteiger partial charge in [0.15, 0.2) is 0 Å². The lowest BCUT2D eigenvalue weighted by Gasteiger charge is -2.45. The Morgan fingerprint density at radius 2 is 1.62 bits per heavy atom. The first-order valence-corrected chi connectivity index (χ1v) is 11.6. The van der Waals surface area contributed by atoms with Crippen molar-refractivity contribution in [3.05, 3.63) is 42.5 Å². The van der Waals surface area contributed by atoms with Gasteiger partial charge in [-0.2, -0.15) is 0 Å². The summed E-state index contributed by atoms with van der Waals surface area (Å²) in [5.41, 5.74) is 2.77. The van der Waals surface area contributed by atoms with Crippen LogP contribution < -0.4 is 14.8 Å². The smallest absolute Gasteiger partial charge is 0.494 e. The highest BCUT2D eigenvalue weighted by Gasteiger charge is 2.40. The molecule has 1 aliphatic rings. The average Bonchev–Trinajstić information content (AvgIpc) is 3.03. The maximum Gasteiger partial charge on any atom is 0.573 e. The molecule has 0 bridgehead atoms. The summed E-state index contributed by atoms with van der Waals surface area (Å²) >= 11 is 0. The lowest BCUT2D eigenvalue weighted by Crippen LogP contribution is -2.35. The van der Waals surface area contributed by atoms with Crippen molar-refractivity contribution in [3.8, 4) is 11.5 Å². The number of imidazole rings is 1. The van der Waals surface area contributed by atoms with Gasteiger partial charge in [0.25, 0.3) is 0 Å². The summed E-state index contributed by atoms with van der Waals surface area (Å²) in [4.78, 5) is 4.85. The fourth-order valence-corrected chi connectivity index (χ4v) is 5.63. The molecule has 3 aromatic rings. The van der Waals surface area contributed by atoms with E-state index in [1.807, 2.05) is 25.1 Å². The first-order chi connectivity index (χ1) is 15.8. The molecule has 0 radical (unpaired) electrons. The van der Waals surface area contributed by atoms with E-state index in [4.69, 9.17) is 9.72 Å². The van der Waals surface area contributed by atoms with Crippen LogP contribution in [0.4, 0.5) is 24.8 Å². The van der Waals surface area contributed by atoms with E-state index < -0.39 is 6.36 Å². The minimum Gasteiger partial charge on any atom is -0.494 e. The molecule has 5 nitrogen and oxygen atoms in total. The Morgan fingerprint density at radius 3 is 2.21 bits per heavy atom. The molecule has 1 aliphatic carbocycles. The summed E-state index contributed by atoms with van der Waals surface area (Å²) in [5, 5.41) is 3.33. The fourth-order valence-electron chi connectivity index (χ4n) is 5.63. The lowest BCUT2D eigenvalue weighted by molar-refractivity contribution is -0.274. The van der Waals surface area contributed by atoms with E-state index >= 15 is 0 Å². The fraction of sp³-hybridized carbons (Fsp3) is 0.500. The number of nitrogens with zero attached hydrogens (tertiary/aromatic N) is 2. The third-order valence-electron chi connectivity index (χ3n) is 6.21. The number of anilines is 2. The highest BCUT2D eigenvalue weighted by Crippen LogP contribution is 2.51. The molecule has 1 aromatic heterocycles. The molecular formula is C26H32F3N3O2. The molecule has 34 heavy (non-hydrogen) atoms. The Kier molecular flexibility index (Phi) is 6.21. The number of benzene rings is 2. The third-order valence-corrected chi connectivity index (χ3v) is 6.21. The van der Waals surface area contributed by atoms with Crippen molar-refractivity contribution < 1.29 is 22.6 Å². The van der Waals surface area contributed by atoms with Gasteiger partial charge in [-0.1, -0.05) is 27.7 Å². The van der Waals surface area contributed by atoms with Gasteiger partial charge in [0.05, 0.1) is 17.6 Å². The quantitative estimate of drug-likeness (QED) is 0.394. The number of nitrogens with one attached hydrogen (secondary N) is 1. The highest BCUT2D eigenvalue weighted by molar-refractivity contribution is 5.81. The van der Waals surface area contributed by atoms with Crippen molar-refractivity contribution >= 4 is 22.7 Å². The van der Waals surface area contributed by atoms with Gasteiger partial charge < -0.3 is 19.4 Å². The Bertz CT molecular complexity index is 1130. The minimum absolute atomic E-state index is 0.161. The number of hydrogen-bond acceptors (Lipinski definition) is 4. The summed E-state index contributed by atoms with van der Waals surface area (Å²) in [6.45, 7) is 11.7. The van der Waals surface area contributed by atoms with E-state index in [0.29, 0.717) is 18.2 Å². The zero-order valence-electron chi connectivity index (χ0n) is 20.3. The minimum atomic E-state index is -4.72. The molecule has 0 saturated heterocycles. The van der Waals surface area contributed by atoms with Crippen LogP contribution in [0.3, 0.4) is 0 Å². The number of hydrogen-bond donors (Lipinski definition) is 1. The molecule has 0 atom stereocenters. The number of ether oxygens (including phenoxy) is 2. The molecule has 1 fully saturated rings. The Hall–Kier alpha value is -2.90. The van der Waals surface area contributed by atoms with Crippen LogP contribution in [0.15, 0.2) is 42.5 Å². The molecule has 0 amide bonds. The molecule has 1 saturated carbocycles. The number of aromatic nitrogens is 2. The highest BCUT2D eigenvalue weighted by atomic mass is 19.4. The van der Waals surface area contributed by atoms with Gasteiger partial charge in [-0.05, 0) is 73.4 Å². The maximum absolute atomic E-state index is 12.5. The topological polar surface area (TPSA) is 48.3 Å². The van der Waals surface area contributed by atoms with Crippen molar-refractivity contribution in [2.75, 3.05) is 11.9 Å². The summed E-state index contributed by atoms with van der Waals surface area (Å²) < 4.78 is 49.5. The molecule has 4 rings (SSSR count). The average molecular weight is 476 g/mol. The first kappa shape index (κ1) is 24.2. The zero-order valence-corrected chi connectivity index (χ0v) is 20.3. The molecule has 1 N–H and O–H groups in total. The van der Waals surface area contributed by atoms with Gasteiger partial charge in [-0.3, -0.25) is 0 Å². The van der Waals surface area contributed by atoms with Crippen LogP contribution in [0, 0.1) is 10.8 Å². The third kappa shape index (κ3) is 5.59. The maximum atomic E-state index is 12.5. The van der Waals surface area contributed by atoms with E-state index in [0.717, 1.165) is 36.0 Å². The molecule has 184 valence electrons. The van der Waals surface area contributed by atoms with Crippen LogP contribution in [-0.2, 0) is 0 Å². The number of alkyl halides is 3. The second kappa shape index (κ2) is 8.71. The monoisotopic (exact) mass is 475 g/mol. The molecule has 2 aromatic carbocycles. The van der Waals surface area contributed by atoms with E-state index in [1.165, 1.54) is 12.1 Å². The van der Waals surface area contributed by atoms with Gasteiger partial charge in [-0.25, -0.2) is 4.98 Å². The van der Waals surface area contributed by atoms with Crippen LogP contribution in [0.25, 0.3) is 11.0 Å². The number of halogens is 3. The molecule has 0 unspecified atom stereocenters. The molecule has 1 heterocycles. The number of rotatable bonds is 6. The van der Waals surface area contributed by atoms with Crippen molar-refractivity contribution in [2.24, 2.45) is 10.8 Å². The first-order valence-electron chi connectivity index (χ1n) is 11.6. The van der Waals surface area contributed by atoms with E-state index in [2.05, 4.69) is 42.3 Å². The normalized spacial score (nSPS) is 18.1. The van der Waals surface area contributed by atoms with Gasteiger partial charge in [0.1, 0.15) is 11.5 Å². The second-order valence-electron chi connectivity index (χ2n) is 10.7. The van der Waals surface area contributed by atoms with E-state index in [9.17, 15) is 13.2 Å². The SMILES string of the molecule is CCOc1ccc2nc(Nc3ccc(OC(F)(F)F)cc3)n(C3CC(C)(C)CC(C)(C)C3)c2c1. The van der Waals surface area contributed by atoms with Crippen molar-refractivity contribution in [2.45, 2.75) is 66.3 Å². The van der Waals surface area contributed by atoms with E-state index in [1.54, 1.807) is 12.1 Å². The van der Waals surface area contributed by atoms with Crippen LogP contribution in [0.5, 0.6) is 11.5 Å². The molecule has 0 spiro atoms. The predicted octanol–water partition coefficient (Wildman–Crippen LogP) is 7.85. The summed E-state index contributed by atoms with van der Waals surface area (Å²) in [5.74, 6) is 1.18. The van der Waals surface area contributed by atoms with Gasteiger partial charge in [0.2, 0.25) is 5.95 Å². The Balaban J connectivity index is 1.74. The largest absolute Gasteiger partial charge is 0.573 e. The molecule has 0 aliphatic heterocycles. The summed E-state index contributed by atoms with van der Waals surface area (Å²) in [7, 11) is 0. The van der Waals surface area contributed by atoms with Crippen LogP contribution in [0.2, 0.25) is 0 Å². The van der Waals surface area contributed by atoms with Gasteiger partial charge in [-0.15, -0.1) is 13.2 Å². The Labute approximate surface area is 198 Å². The summed E-state index contributed by atoms with van der Waals surface area (Å²) in [6, 6.07) is 11.8. The lowest BCUT2D eigenvalue weighted by atomic mass is 9.63. The van der Waals surface area contributed by atoms with Crippen molar-refractivity contribution in [1.29, 1.82) is 0 Å². The van der Waals surface area contributed by atoms with E-state index in [-0.39, 0.29) is 22.6 Å². The molecular weight excluding hydrogens is 443 g/mol. The van der Waals surface area contributed by atoms with Crippen molar-refractivity contribution in [1.82, 2.24) is 9.55 Å². The van der Waals surface area contributed by atoms with Crippen LogP contribution in [0.1, 0.15) is 59.9 Å². The van der Waals surface area contributed by atoms with Crippen LogP contribution in [-0.4, -0.2) is 22.5 Å². The Morgan fingerprint density at radius 1 is 1.00 bits per heavy atom. The van der Waals surface area contributed by atoms with Crippen LogP contribution >= 0.6 is 0 Å². The summed E-state index contributed by atoms with van der Waals surface area (Å²) in [6.07, 6.45) is -1.60. The van der Waals surface area contributed by atoms with Gasteiger partial charge >= 0.3 is 6.36 Å². The van der Waals surface area contributed by atoms with Gasteiger partial charge in [0, 0.05) is 17.8 Å². The molecule has 8 heteroatoms.